The fraction of sp³-hybridized carbons (Fsp3) is 0.333. The lowest BCUT2D eigenvalue weighted by Gasteiger charge is -2.06. The number of carbonyl (C=O) groups excluding carboxylic acids is 1. The second kappa shape index (κ2) is 3.86. The van der Waals surface area contributed by atoms with Crippen LogP contribution in [0, 0.1) is 0 Å². The zero-order valence-electron chi connectivity index (χ0n) is 6.37. The van der Waals surface area contributed by atoms with Gasteiger partial charge in [0.25, 0.3) is 0 Å². The average Bonchev–Trinajstić information content (AvgIpc) is 2.35. The van der Waals surface area contributed by atoms with Gasteiger partial charge in [0, 0.05) is 5.38 Å². The van der Waals surface area contributed by atoms with Gasteiger partial charge in [-0.2, -0.15) is 0 Å². The van der Waals surface area contributed by atoms with Gasteiger partial charge in [-0.1, -0.05) is 0 Å². The summed E-state index contributed by atoms with van der Waals surface area (Å²) in [6.45, 7) is 1.69. The molecule has 1 aromatic heterocycles. The normalized spacial score (nSPS) is 12.5. The molecule has 0 saturated carbocycles. The van der Waals surface area contributed by atoms with Crippen molar-refractivity contribution in [3.63, 3.8) is 0 Å². The summed E-state index contributed by atoms with van der Waals surface area (Å²) in [4.78, 5) is 14.7. The van der Waals surface area contributed by atoms with E-state index in [-0.39, 0.29) is 11.9 Å². The lowest BCUT2D eigenvalue weighted by Crippen LogP contribution is -2.32. The van der Waals surface area contributed by atoms with E-state index >= 15 is 0 Å². The average molecular weight is 250 g/mol. The summed E-state index contributed by atoms with van der Waals surface area (Å²) in [5.41, 5.74) is 5.05. The molecule has 0 aliphatic rings. The molecule has 0 aliphatic heterocycles. The Morgan fingerprint density at radius 3 is 3.00 bits per heavy atom. The molecule has 4 nitrogen and oxygen atoms in total. The lowest BCUT2D eigenvalue weighted by molar-refractivity contribution is -0.118. The van der Waals surface area contributed by atoms with E-state index in [1.807, 2.05) is 5.38 Å². The van der Waals surface area contributed by atoms with Gasteiger partial charge in [0.05, 0.1) is 0 Å². The van der Waals surface area contributed by atoms with E-state index in [2.05, 4.69) is 26.2 Å². The van der Waals surface area contributed by atoms with Crippen molar-refractivity contribution in [1.82, 2.24) is 4.98 Å². The maximum absolute atomic E-state index is 10.6. The topological polar surface area (TPSA) is 68.0 Å². The molecule has 12 heavy (non-hydrogen) atoms. The molecule has 0 aromatic carbocycles. The van der Waals surface area contributed by atoms with Crippen LogP contribution in [0.2, 0.25) is 0 Å². The Bertz CT molecular complexity index is 288. The highest BCUT2D eigenvalue weighted by molar-refractivity contribution is 9.10. The third kappa shape index (κ3) is 2.46. The van der Waals surface area contributed by atoms with Crippen molar-refractivity contribution in [2.24, 2.45) is 5.73 Å². The van der Waals surface area contributed by atoms with Gasteiger partial charge in [0.15, 0.2) is 5.13 Å². The summed E-state index contributed by atoms with van der Waals surface area (Å²) < 4.78 is 0.756. The minimum Gasteiger partial charge on any atom is -0.368 e. The molecule has 0 radical (unpaired) electrons. The molecule has 1 atom stereocenters. The Balaban J connectivity index is 2.58. The largest absolute Gasteiger partial charge is 0.368 e. The Kier molecular flexibility index (Phi) is 3.05. The number of halogens is 1. The molecule has 0 spiro atoms. The van der Waals surface area contributed by atoms with Crippen LogP contribution >= 0.6 is 27.3 Å². The Morgan fingerprint density at radius 1 is 1.92 bits per heavy atom. The van der Waals surface area contributed by atoms with E-state index in [1.54, 1.807) is 6.92 Å². The Morgan fingerprint density at radius 2 is 2.58 bits per heavy atom. The zero-order valence-corrected chi connectivity index (χ0v) is 8.78. The number of nitrogens with zero attached hydrogens (tertiary/aromatic N) is 1. The van der Waals surface area contributed by atoms with E-state index in [9.17, 15) is 4.79 Å². The van der Waals surface area contributed by atoms with Crippen LogP contribution in [0.5, 0.6) is 0 Å². The van der Waals surface area contributed by atoms with Crippen LogP contribution in [-0.4, -0.2) is 16.9 Å². The quantitative estimate of drug-likeness (QED) is 0.846. The van der Waals surface area contributed by atoms with Gasteiger partial charge < -0.3 is 11.1 Å². The van der Waals surface area contributed by atoms with E-state index in [0.717, 1.165) is 4.60 Å². The number of anilines is 1. The molecule has 1 aromatic rings. The lowest BCUT2D eigenvalue weighted by atomic mass is 10.3. The van der Waals surface area contributed by atoms with Crippen molar-refractivity contribution >= 4 is 38.3 Å². The monoisotopic (exact) mass is 249 g/mol. The minimum absolute atomic E-state index is 0.386. The van der Waals surface area contributed by atoms with Crippen LogP contribution in [0.15, 0.2) is 9.98 Å². The third-order valence-electron chi connectivity index (χ3n) is 1.24. The molecule has 1 amide bonds. The van der Waals surface area contributed by atoms with Gasteiger partial charge in [-0.25, -0.2) is 4.98 Å². The number of hydrogen-bond acceptors (Lipinski definition) is 4. The van der Waals surface area contributed by atoms with Crippen molar-refractivity contribution in [2.75, 3.05) is 5.32 Å². The van der Waals surface area contributed by atoms with Gasteiger partial charge in [-0.05, 0) is 22.9 Å². The number of thiazole rings is 1. The summed E-state index contributed by atoms with van der Waals surface area (Å²) in [6, 6.07) is -0.386. The molecule has 0 aliphatic carbocycles. The summed E-state index contributed by atoms with van der Waals surface area (Å²) in [6.07, 6.45) is 0. The van der Waals surface area contributed by atoms with Crippen molar-refractivity contribution in [3.05, 3.63) is 9.98 Å². The highest BCUT2D eigenvalue weighted by Gasteiger charge is 2.09. The maximum atomic E-state index is 10.6. The van der Waals surface area contributed by atoms with E-state index in [4.69, 9.17) is 5.73 Å². The molecular weight excluding hydrogens is 242 g/mol. The smallest absolute Gasteiger partial charge is 0.239 e. The molecule has 3 N–H and O–H groups in total. The number of aromatic nitrogens is 1. The first kappa shape index (κ1) is 9.47. The van der Waals surface area contributed by atoms with Gasteiger partial charge in [0.2, 0.25) is 5.91 Å². The number of nitrogens with one attached hydrogen (secondary N) is 1. The first-order valence-electron chi connectivity index (χ1n) is 3.26. The second-order valence-electron chi connectivity index (χ2n) is 2.24. The van der Waals surface area contributed by atoms with Crippen LogP contribution in [0.25, 0.3) is 0 Å². The SMILES string of the molecule is CC(Nc1nc(Br)cs1)C(N)=O. The predicted molar refractivity (Wildman–Crippen MR) is 52.1 cm³/mol. The van der Waals surface area contributed by atoms with Crippen molar-refractivity contribution in [2.45, 2.75) is 13.0 Å². The second-order valence-corrected chi connectivity index (χ2v) is 3.91. The van der Waals surface area contributed by atoms with Gasteiger partial charge in [-0.3, -0.25) is 4.79 Å². The van der Waals surface area contributed by atoms with Crippen molar-refractivity contribution in [1.29, 1.82) is 0 Å². The van der Waals surface area contributed by atoms with Crippen molar-refractivity contribution < 1.29 is 4.79 Å². The first-order valence-corrected chi connectivity index (χ1v) is 4.93. The molecule has 1 unspecified atom stereocenters. The van der Waals surface area contributed by atoms with E-state index < -0.39 is 0 Å². The molecule has 6 heteroatoms. The highest BCUT2D eigenvalue weighted by atomic mass is 79.9. The van der Waals surface area contributed by atoms with Crippen molar-refractivity contribution in [3.8, 4) is 0 Å². The van der Waals surface area contributed by atoms with Gasteiger partial charge in [-0.15, -0.1) is 11.3 Å². The van der Waals surface area contributed by atoms with Crippen LogP contribution in [-0.2, 0) is 4.79 Å². The molecule has 66 valence electrons. The third-order valence-corrected chi connectivity index (χ3v) is 2.73. The molecule has 1 heterocycles. The van der Waals surface area contributed by atoms with E-state index in [1.165, 1.54) is 11.3 Å². The van der Waals surface area contributed by atoms with Crippen LogP contribution < -0.4 is 11.1 Å². The minimum atomic E-state index is -0.388. The summed E-state index contributed by atoms with van der Waals surface area (Å²) >= 11 is 4.62. The standard InChI is InChI=1S/C6H8BrN3OS/c1-3(5(8)11)9-6-10-4(7)2-12-6/h2-3H,1H3,(H2,8,11)(H,9,10). The molecule has 1 rings (SSSR count). The number of rotatable bonds is 3. The van der Waals surface area contributed by atoms with Crippen LogP contribution in [0.4, 0.5) is 5.13 Å². The fourth-order valence-electron chi connectivity index (χ4n) is 0.577. The summed E-state index contributed by atoms with van der Waals surface area (Å²) in [5, 5.41) is 5.38. The van der Waals surface area contributed by atoms with Gasteiger partial charge in [0.1, 0.15) is 10.6 Å². The summed E-state index contributed by atoms with van der Waals surface area (Å²) in [5.74, 6) is -0.388. The summed E-state index contributed by atoms with van der Waals surface area (Å²) in [7, 11) is 0. The number of nitrogens with two attached hydrogens (primary N) is 1. The molecular formula is C6H8BrN3OS. The number of carbonyl (C=O) groups is 1. The Hall–Kier alpha value is -0.620. The molecule has 0 fully saturated rings. The van der Waals surface area contributed by atoms with Crippen LogP contribution in [0.1, 0.15) is 6.92 Å². The number of amides is 1. The number of primary amides is 1. The van der Waals surface area contributed by atoms with E-state index in [0.29, 0.717) is 5.13 Å². The molecule has 0 bridgehead atoms. The Labute approximate surface area is 82.3 Å². The molecule has 0 saturated heterocycles. The maximum Gasteiger partial charge on any atom is 0.239 e. The first-order chi connectivity index (χ1) is 5.59. The fourth-order valence-corrected chi connectivity index (χ4v) is 1.81. The van der Waals surface area contributed by atoms with Crippen LogP contribution in [0.3, 0.4) is 0 Å². The zero-order chi connectivity index (χ0) is 9.14. The number of hydrogen-bond donors (Lipinski definition) is 2. The highest BCUT2D eigenvalue weighted by Crippen LogP contribution is 2.19. The predicted octanol–water partition coefficient (Wildman–Crippen LogP) is 1.19. The van der Waals surface area contributed by atoms with Gasteiger partial charge >= 0.3 is 0 Å².